The predicted molar refractivity (Wildman–Crippen MR) is 186 cm³/mol. The second-order valence-corrected chi connectivity index (χ2v) is 10.8. The molecule has 0 nitrogen and oxygen atoms in total. The van der Waals surface area contributed by atoms with Crippen molar-refractivity contribution < 1.29 is 2.85 Å². The minimum atomic E-state index is 0. The number of fused-ring (bicyclic) bond motifs is 9. The van der Waals surface area contributed by atoms with Crippen molar-refractivity contribution in [1.82, 2.24) is 0 Å². The van der Waals surface area contributed by atoms with Gasteiger partial charge in [0.05, 0.1) is 0 Å². The molecule has 1 aliphatic rings. The molecule has 0 heterocycles. The highest BCUT2D eigenvalue weighted by Gasteiger charge is 2.13. The van der Waals surface area contributed by atoms with Gasteiger partial charge in [-0.2, -0.15) is 0 Å². The third-order valence-electron chi connectivity index (χ3n) is 8.30. The van der Waals surface area contributed by atoms with E-state index in [0.29, 0.717) is 0 Å². The van der Waals surface area contributed by atoms with Gasteiger partial charge in [-0.25, -0.2) is 0 Å². The largest absolute Gasteiger partial charge is 0.0620 e. The fourth-order valence-electron chi connectivity index (χ4n) is 6.18. The zero-order valence-electron chi connectivity index (χ0n) is 23.6. The van der Waals surface area contributed by atoms with Crippen LogP contribution in [0.2, 0.25) is 0 Å². The van der Waals surface area contributed by atoms with Gasteiger partial charge in [-0.1, -0.05) is 170 Å². The Hall–Kier alpha value is -5.20. The molecule has 8 aromatic rings. The van der Waals surface area contributed by atoms with Gasteiger partial charge in [0.25, 0.3) is 0 Å². The Kier molecular flexibility index (Phi) is 7.19. The molecule has 0 fully saturated rings. The van der Waals surface area contributed by atoms with Crippen LogP contribution in [0.4, 0.5) is 0 Å². The minimum Gasteiger partial charge on any atom is -0.0620 e. The average Bonchev–Trinajstić information content (AvgIpc) is 3.09. The fraction of sp³-hybridized carbons (Fsp3) is 0.0476. The quantitative estimate of drug-likeness (QED) is 0.168. The zero-order chi connectivity index (χ0) is 28.1. The molecule has 42 heavy (non-hydrogen) atoms. The summed E-state index contributed by atoms with van der Waals surface area (Å²) in [4.78, 5) is 0. The first-order valence-corrected chi connectivity index (χ1v) is 14.7. The van der Waals surface area contributed by atoms with Crippen LogP contribution in [-0.4, -0.2) is 0 Å². The standard InChI is InChI=1S/C14H12.2C14H10.2H2/c3*1-3-7-13-11(5-1)9-10-12-6-2-4-8-14(12)13;;/h1-8H,9-10H2;2*1-10H;2*1H. The van der Waals surface area contributed by atoms with Crippen LogP contribution in [0.15, 0.2) is 170 Å². The molecule has 0 saturated carbocycles. The molecule has 0 atom stereocenters. The van der Waals surface area contributed by atoms with E-state index < -0.39 is 0 Å². The second kappa shape index (κ2) is 11.7. The van der Waals surface area contributed by atoms with Crippen molar-refractivity contribution in [2.45, 2.75) is 12.8 Å². The first kappa shape index (κ1) is 25.7. The van der Waals surface area contributed by atoms with Crippen molar-refractivity contribution in [2.24, 2.45) is 0 Å². The maximum Gasteiger partial charge on any atom is 0 e. The van der Waals surface area contributed by atoms with Gasteiger partial charge in [0.1, 0.15) is 0 Å². The minimum absolute atomic E-state index is 0. The lowest BCUT2D eigenvalue weighted by Gasteiger charge is -2.19. The van der Waals surface area contributed by atoms with Gasteiger partial charge in [0.15, 0.2) is 0 Å². The molecule has 0 spiro atoms. The smallest absolute Gasteiger partial charge is 0 e. The fourth-order valence-corrected chi connectivity index (χ4v) is 6.18. The molecule has 0 amide bonds. The van der Waals surface area contributed by atoms with Crippen molar-refractivity contribution in [3.05, 3.63) is 181 Å². The first-order chi connectivity index (χ1) is 20.8. The van der Waals surface area contributed by atoms with Crippen molar-refractivity contribution in [1.29, 1.82) is 0 Å². The molecule has 8 aromatic carbocycles. The van der Waals surface area contributed by atoms with E-state index in [-0.39, 0.29) is 2.85 Å². The lowest BCUT2D eigenvalue weighted by atomic mass is 9.86. The van der Waals surface area contributed by atoms with Crippen LogP contribution in [0.25, 0.3) is 54.2 Å². The molecule has 0 unspecified atom stereocenters. The number of hydrogen-bond donors (Lipinski definition) is 0. The Morgan fingerprint density at radius 2 is 0.524 bits per heavy atom. The monoisotopic (exact) mass is 540 g/mol. The predicted octanol–water partition coefficient (Wildman–Crippen LogP) is 11.9. The van der Waals surface area contributed by atoms with Gasteiger partial charge in [0.2, 0.25) is 0 Å². The van der Waals surface area contributed by atoms with E-state index in [1.807, 2.05) is 0 Å². The maximum atomic E-state index is 2.24. The molecule has 0 aromatic heterocycles. The molecular formula is C42H36. The summed E-state index contributed by atoms with van der Waals surface area (Å²) in [6.45, 7) is 0. The summed E-state index contributed by atoms with van der Waals surface area (Å²) in [7, 11) is 0. The van der Waals surface area contributed by atoms with Crippen LogP contribution in [0.1, 0.15) is 14.0 Å². The number of aryl methyl sites for hydroxylation is 2. The maximum absolute atomic E-state index is 2.24. The van der Waals surface area contributed by atoms with E-state index in [2.05, 4.69) is 170 Å². The van der Waals surface area contributed by atoms with Crippen molar-refractivity contribution in [2.75, 3.05) is 0 Å². The molecule has 0 aliphatic heterocycles. The van der Waals surface area contributed by atoms with E-state index in [9.17, 15) is 0 Å². The third kappa shape index (κ3) is 5.16. The van der Waals surface area contributed by atoms with Crippen LogP contribution in [0, 0.1) is 0 Å². The Morgan fingerprint density at radius 3 is 0.857 bits per heavy atom. The van der Waals surface area contributed by atoms with Gasteiger partial charge in [0, 0.05) is 2.85 Å². The van der Waals surface area contributed by atoms with Gasteiger partial charge in [-0.15, -0.1) is 0 Å². The first-order valence-electron chi connectivity index (χ1n) is 14.7. The summed E-state index contributed by atoms with van der Waals surface area (Å²) in [6, 6.07) is 60.2. The summed E-state index contributed by atoms with van der Waals surface area (Å²) in [5.74, 6) is 0. The summed E-state index contributed by atoms with van der Waals surface area (Å²) in [5, 5.41) is 10.6. The molecular weight excluding hydrogens is 504 g/mol. The van der Waals surface area contributed by atoms with Crippen LogP contribution in [-0.2, 0) is 12.8 Å². The topological polar surface area (TPSA) is 0 Å². The molecule has 1 aliphatic carbocycles. The van der Waals surface area contributed by atoms with E-state index in [0.717, 1.165) is 0 Å². The highest BCUT2D eigenvalue weighted by molar-refractivity contribution is 6.08. The molecule has 9 rings (SSSR count). The average molecular weight is 541 g/mol. The van der Waals surface area contributed by atoms with Gasteiger partial charge < -0.3 is 0 Å². The van der Waals surface area contributed by atoms with Crippen molar-refractivity contribution >= 4 is 43.1 Å². The Bertz CT molecular complexity index is 1900. The van der Waals surface area contributed by atoms with E-state index in [1.165, 1.54) is 78.2 Å². The van der Waals surface area contributed by atoms with Crippen molar-refractivity contribution in [3.63, 3.8) is 0 Å². The third-order valence-corrected chi connectivity index (χ3v) is 8.30. The van der Waals surface area contributed by atoms with E-state index in [1.54, 1.807) is 0 Å². The zero-order valence-corrected chi connectivity index (χ0v) is 23.6. The molecule has 204 valence electrons. The normalized spacial score (nSPS) is 11.6. The van der Waals surface area contributed by atoms with Crippen LogP contribution < -0.4 is 0 Å². The lowest BCUT2D eigenvalue weighted by Crippen LogP contribution is -2.02. The number of hydrogen-bond acceptors (Lipinski definition) is 0. The Balaban J connectivity index is 0.000000128. The van der Waals surface area contributed by atoms with Crippen LogP contribution in [0.5, 0.6) is 0 Å². The molecule has 0 heteroatoms. The molecule has 0 bridgehead atoms. The summed E-state index contributed by atoms with van der Waals surface area (Å²) in [6.07, 6.45) is 2.38. The second-order valence-electron chi connectivity index (χ2n) is 10.8. The number of rotatable bonds is 0. The number of benzene rings is 8. The summed E-state index contributed by atoms with van der Waals surface area (Å²) < 4.78 is 0. The Labute approximate surface area is 250 Å². The van der Waals surface area contributed by atoms with Gasteiger partial charge in [-0.05, 0) is 78.2 Å². The highest BCUT2D eigenvalue weighted by Crippen LogP contribution is 2.32. The highest BCUT2D eigenvalue weighted by atomic mass is 14.2. The SMILES string of the molecule is [HH].[HH].c1ccc2c(c1)CCc1ccccc1-2.c1ccc2c(c1)ccc1ccccc12.c1ccc2c(c1)ccc1ccccc12. The summed E-state index contributed by atoms with van der Waals surface area (Å²) >= 11 is 0. The van der Waals surface area contributed by atoms with Crippen LogP contribution >= 0.6 is 0 Å². The lowest BCUT2D eigenvalue weighted by molar-refractivity contribution is 0.942. The molecule has 0 saturated heterocycles. The van der Waals surface area contributed by atoms with Gasteiger partial charge in [-0.3, -0.25) is 0 Å². The Morgan fingerprint density at radius 1 is 0.262 bits per heavy atom. The van der Waals surface area contributed by atoms with E-state index in [4.69, 9.17) is 0 Å². The van der Waals surface area contributed by atoms with Crippen LogP contribution in [0.3, 0.4) is 0 Å². The van der Waals surface area contributed by atoms with Crippen molar-refractivity contribution in [3.8, 4) is 11.1 Å². The summed E-state index contributed by atoms with van der Waals surface area (Å²) in [5.41, 5.74) is 5.83. The molecule has 0 N–H and O–H groups in total. The molecule has 0 radical (unpaired) electrons. The van der Waals surface area contributed by atoms with Gasteiger partial charge >= 0.3 is 0 Å². The van der Waals surface area contributed by atoms with E-state index >= 15 is 0 Å².